The average Bonchev–Trinajstić information content (AvgIpc) is 2.70. The molecule has 0 fully saturated rings. The normalized spacial score (nSPS) is 10.1. The molecule has 14 heavy (non-hydrogen) atoms. The highest BCUT2D eigenvalue weighted by Crippen LogP contribution is 2.15. The van der Waals surface area contributed by atoms with Gasteiger partial charge in [-0.15, -0.1) is 11.3 Å². The lowest BCUT2D eigenvalue weighted by Crippen LogP contribution is -1.94. The second-order valence-electron chi connectivity index (χ2n) is 2.68. The fourth-order valence-electron chi connectivity index (χ4n) is 0.987. The maximum Gasteiger partial charge on any atom is 0.213 e. The molecule has 2 nitrogen and oxygen atoms in total. The van der Waals surface area contributed by atoms with Crippen LogP contribution in [0.5, 0.6) is 5.88 Å². The summed E-state index contributed by atoms with van der Waals surface area (Å²) in [5.41, 5.74) is 0. The zero-order chi connectivity index (χ0) is 9.80. The first-order valence-electron chi connectivity index (χ1n) is 4.11. The maximum absolute atomic E-state index is 5.70. The fraction of sp³-hybridized carbons (Fsp3) is 0.100. The van der Waals surface area contributed by atoms with Crippen LogP contribution < -0.4 is 4.74 Å². The summed E-state index contributed by atoms with van der Waals surface area (Å²) >= 11 is 7.36. The molecule has 0 unspecified atom stereocenters. The number of thiophene rings is 1. The number of hydrogen-bond acceptors (Lipinski definition) is 3. The van der Waals surface area contributed by atoms with E-state index in [1.165, 1.54) is 4.88 Å². The van der Waals surface area contributed by atoms with Crippen molar-refractivity contribution in [2.75, 3.05) is 0 Å². The summed E-state index contributed by atoms with van der Waals surface area (Å²) in [5, 5.41) is 2.64. The average molecular weight is 226 g/mol. The van der Waals surface area contributed by atoms with Crippen LogP contribution in [0.2, 0.25) is 5.02 Å². The number of ether oxygens (including phenoxy) is 1. The van der Waals surface area contributed by atoms with Gasteiger partial charge in [-0.3, -0.25) is 0 Å². The Bertz CT molecular complexity index is 385. The predicted octanol–water partition coefficient (Wildman–Crippen LogP) is 3.38. The summed E-state index contributed by atoms with van der Waals surface area (Å²) in [6.45, 7) is 0.562. The minimum absolute atomic E-state index is 0.562. The van der Waals surface area contributed by atoms with Crippen LogP contribution in [0, 0.1) is 0 Å². The molecule has 0 bridgehead atoms. The predicted molar refractivity (Wildman–Crippen MR) is 57.9 cm³/mol. The van der Waals surface area contributed by atoms with Gasteiger partial charge in [0, 0.05) is 17.1 Å². The maximum atomic E-state index is 5.70. The summed E-state index contributed by atoms with van der Waals surface area (Å²) in [7, 11) is 0. The number of aromatic nitrogens is 1. The quantitative estimate of drug-likeness (QED) is 0.799. The van der Waals surface area contributed by atoms with Crippen molar-refractivity contribution in [3.05, 3.63) is 45.7 Å². The van der Waals surface area contributed by atoms with Crippen molar-refractivity contribution in [1.82, 2.24) is 4.98 Å². The first-order chi connectivity index (χ1) is 6.84. The summed E-state index contributed by atoms with van der Waals surface area (Å²) in [4.78, 5) is 5.21. The molecule has 0 N–H and O–H groups in total. The van der Waals surface area contributed by atoms with Crippen molar-refractivity contribution < 1.29 is 4.74 Å². The molecule has 0 aromatic carbocycles. The Labute approximate surface area is 91.1 Å². The van der Waals surface area contributed by atoms with E-state index in [0.717, 1.165) is 0 Å². The molecule has 4 heteroatoms. The van der Waals surface area contributed by atoms with Crippen LogP contribution in [0.3, 0.4) is 0 Å². The Morgan fingerprint density at radius 3 is 2.93 bits per heavy atom. The van der Waals surface area contributed by atoms with Crippen LogP contribution in [0.1, 0.15) is 4.88 Å². The van der Waals surface area contributed by atoms with Gasteiger partial charge in [0.15, 0.2) is 0 Å². The van der Waals surface area contributed by atoms with Gasteiger partial charge in [0.2, 0.25) is 5.88 Å². The topological polar surface area (TPSA) is 22.1 Å². The number of nitrogens with zero attached hydrogens (tertiary/aromatic N) is 1. The van der Waals surface area contributed by atoms with Crippen molar-refractivity contribution in [2.45, 2.75) is 6.61 Å². The van der Waals surface area contributed by atoms with Crippen molar-refractivity contribution >= 4 is 22.9 Å². The lowest BCUT2D eigenvalue weighted by molar-refractivity contribution is 0.297. The Morgan fingerprint density at radius 1 is 1.36 bits per heavy atom. The van der Waals surface area contributed by atoms with Crippen LogP contribution in [-0.2, 0) is 6.61 Å². The molecular formula is C10H8ClNOS. The lowest BCUT2D eigenvalue weighted by Gasteiger charge is -2.02. The van der Waals surface area contributed by atoms with E-state index < -0.39 is 0 Å². The molecular weight excluding hydrogens is 218 g/mol. The smallest absolute Gasteiger partial charge is 0.213 e. The summed E-state index contributed by atoms with van der Waals surface area (Å²) < 4.78 is 5.45. The molecule has 2 heterocycles. The molecule has 0 aliphatic rings. The molecule has 2 rings (SSSR count). The second kappa shape index (κ2) is 4.44. The molecule has 0 saturated heterocycles. The van der Waals surface area contributed by atoms with E-state index in [4.69, 9.17) is 16.3 Å². The molecule has 0 aliphatic carbocycles. The lowest BCUT2D eigenvalue weighted by atomic mass is 10.5. The van der Waals surface area contributed by atoms with Gasteiger partial charge in [0.1, 0.15) is 6.61 Å². The second-order valence-corrected chi connectivity index (χ2v) is 4.15. The fourth-order valence-corrected chi connectivity index (χ4v) is 1.72. The third-order valence-electron chi connectivity index (χ3n) is 1.64. The van der Waals surface area contributed by atoms with E-state index in [2.05, 4.69) is 4.98 Å². The van der Waals surface area contributed by atoms with E-state index >= 15 is 0 Å². The molecule has 0 spiro atoms. The van der Waals surface area contributed by atoms with Gasteiger partial charge in [-0.25, -0.2) is 4.98 Å². The van der Waals surface area contributed by atoms with Crippen LogP contribution >= 0.6 is 22.9 Å². The number of pyridine rings is 1. The zero-order valence-corrected chi connectivity index (χ0v) is 8.89. The molecule has 0 radical (unpaired) electrons. The Kier molecular flexibility index (Phi) is 3.01. The SMILES string of the molecule is Clc1ccc(OCc2cccs2)nc1. The Hall–Kier alpha value is -1.06. The van der Waals surface area contributed by atoms with E-state index in [9.17, 15) is 0 Å². The van der Waals surface area contributed by atoms with Crippen molar-refractivity contribution in [3.8, 4) is 5.88 Å². The van der Waals surface area contributed by atoms with E-state index in [1.807, 2.05) is 17.5 Å². The molecule has 0 aliphatic heterocycles. The largest absolute Gasteiger partial charge is 0.472 e. The van der Waals surface area contributed by atoms with Gasteiger partial charge in [0.05, 0.1) is 5.02 Å². The Balaban J connectivity index is 1.95. The third kappa shape index (κ3) is 2.47. The summed E-state index contributed by atoms with van der Waals surface area (Å²) in [6.07, 6.45) is 1.57. The first kappa shape index (κ1) is 9.49. The minimum Gasteiger partial charge on any atom is -0.472 e. The highest BCUT2D eigenvalue weighted by molar-refractivity contribution is 7.09. The van der Waals surface area contributed by atoms with E-state index in [1.54, 1.807) is 29.7 Å². The molecule has 0 atom stereocenters. The van der Waals surface area contributed by atoms with Gasteiger partial charge in [-0.2, -0.15) is 0 Å². The first-order valence-corrected chi connectivity index (χ1v) is 5.37. The Morgan fingerprint density at radius 2 is 2.29 bits per heavy atom. The number of rotatable bonds is 3. The van der Waals surface area contributed by atoms with Gasteiger partial charge in [0.25, 0.3) is 0 Å². The van der Waals surface area contributed by atoms with Crippen molar-refractivity contribution in [2.24, 2.45) is 0 Å². The zero-order valence-electron chi connectivity index (χ0n) is 7.31. The number of hydrogen-bond donors (Lipinski definition) is 0. The molecule has 72 valence electrons. The van der Waals surface area contributed by atoms with Gasteiger partial charge in [-0.1, -0.05) is 17.7 Å². The van der Waals surface area contributed by atoms with Gasteiger partial charge < -0.3 is 4.74 Å². The molecule has 0 saturated carbocycles. The summed E-state index contributed by atoms with van der Waals surface area (Å²) in [6, 6.07) is 7.55. The van der Waals surface area contributed by atoms with E-state index in [-0.39, 0.29) is 0 Å². The van der Waals surface area contributed by atoms with Crippen LogP contribution in [0.25, 0.3) is 0 Å². The summed E-state index contributed by atoms with van der Waals surface area (Å²) in [5.74, 6) is 0.600. The van der Waals surface area contributed by atoms with Gasteiger partial charge >= 0.3 is 0 Å². The van der Waals surface area contributed by atoms with Crippen molar-refractivity contribution in [1.29, 1.82) is 0 Å². The van der Waals surface area contributed by atoms with E-state index in [0.29, 0.717) is 17.5 Å². The molecule has 2 aromatic heterocycles. The third-order valence-corrected chi connectivity index (χ3v) is 2.72. The van der Waals surface area contributed by atoms with Crippen molar-refractivity contribution in [3.63, 3.8) is 0 Å². The van der Waals surface area contributed by atoms with Crippen LogP contribution in [0.15, 0.2) is 35.8 Å². The minimum atomic E-state index is 0.562. The van der Waals surface area contributed by atoms with Crippen LogP contribution in [0.4, 0.5) is 0 Å². The highest BCUT2D eigenvalue weighted by atomic mass is 35.5. The monoisotopic (exact) mass is 225 g/mol. The van der Waals surface area contributed by atoms with Gasteiger partial charge in [-0.05, 0) is 17.5 Å². The molecule has 2 aromatic rings. The number of halogens is 1. The molecule has 0 amide bonds. The highest BCUT2D eigenvalue weighted by Gasteiger charge is 1.97. The van der Waals surface area contributed by atoms with Crippen LogP contribution in [-0.4, -0.2) is 4.98 Å². The standard InChI is InChI=1S/C10H8ClNOS/c11-8-3-4-10(12-6-8)13-7-9-2-1-5-14-9/h1-6H,7H2.